The van der Waals surface area contributed by atoms with E-state index < -0.39 is 11.7 Å². The number of nitrogens with one attached hydrogen (secondary N) is 1. The molecule has 0 spiro atoms. The fourth-order valence-corrected chi connectivity index (χ4v) is 3.16. The molecular weight excluding hydrogens is 361 g/mol. The summed E-state index contributed by atoms with van der Waals surface area (Å²) in [5, 5.41) is 6.56. The second-order valence-corrected chi connectivity index (χ2v) is 6.83. The molecule has 140 valence electrons. The van der Waals surface area contributed by atoms with E-state index in [9.17, 15) is 9.18 Å². The summed E-state index contributed by atoms with van der Waals surface area (Å²) in [6.45, 7) is 0. The number of pyridine rings is 1. The molecule has 5 rings (SSSR count). The molecule has 8 heteroatoms. The topological polar surface area (TPSA) is 85.3 Å². The van der Waals surface area contributed by atoms with Gasteiger partial charge < -0.3 is 14.2 Å². The Labute approximate surface area is 159 Å². The minimum Gasteiger partial charge on any atom is -0.339 e. The number of aromatic nitrogens is 4. The number of rotatable bonds is 4. The maximum absolute atomic E-state index is 14.3. The third-order valence-electron chi connectivity index (χ3n) is 4.97. The van der Waals surface area contributed by atoms with Gasteiger partial charge >= 0.3 is 0 Å². The lowest BCUT2D eigenvalue weighted by molar-refractivity contribution is 0.102. The maximum Gasteiger partial charge on any atom is 0.275 e. The molecule has 0 bridgehead atoms. The van der Waals surface area contributed by atoms with Crippen molar-refractivity contribution in [2.75, 3.05) is 5.32 Å². The fraction of sp³-hybridized carbons (Fsp3) is 0.200. The molecular formula is C20H16FN5O2. The molecule has 1 N–H and O–H groups in total. The van der Waals surface area contributed by atoms with Gasteiger partial charge in [0.15, 0.2) is 0 Å². The van der Waals surface area contributed by atoms with Crippen molar-refractivity contribution in [3.8, 4) is 11.4 Å². The molecule has 7 nitrogen and oxygen atoms in total. The largest absolute Gasteiger partial charge is 0.339 e. The van der Waals surface area contributed by atoms with Gasteiger partial charge in [0.1, 0.15) is 17.2 Å². The molecule has 0 aliphatic heterocycles. The van der Waals surface area contributed by atoms with Crippen LogP contribution in [0.2, 0.25) is 0 Å². The molecule has 1 aliphatic carbocycles. The highest BCUT2D eigenvalue weighted by molar-refractivity contribution is 6.03. The number of fused-ring (bicyclic) bond motifs is 1. The molecule has 0 radical (unpaired) electrons. The maximum atomic E-state index is 14.3. The summed E-state index contributed by atoms with van der Waals surface area (Å²) in [5.41, 5.74) is 1.44. The summed E-state index contributed by atoms with van der Waals surface area (Å²) in [6.07, 6.45) is 6.64. The Bertz CT molecular complexity index is 1150. The van der Waals surface area contributed by atoms with Crippen LogP contribution in [-0.4, -0.2) is 25.4 Å². The number of hydrogen-bond acceptors (Lipinski definition) is 5. The molecule has 1 aromatic carbocycles. The Balaban J connectivity index is 1.40. The van der Waals surface area contributed by atoms with Crippen LogP contribution in [0.1, 0.15) is 41.6 Å². The van der Waals surface area contributed by atoms with Crippen LogP contribution in [0.4, 0.5) is 10.1 Å². The predicted molar refractivity (Wildman–Crippen MR) is 99.4 cm³/mol. The Morgan fingerprint density at radius 3 is 2.89 bits per heavy atom. The molecule has 4 aromatic rings. The van der Waals surface area contributed by atoms with E-state index in [2.05, 4.69) is 20.4 Å². The van der Waals surface area contributed by atoms with Crippen molar-refractivity contribution in [2.45, 2.75) is 25.2 Å². The van der Waals surface area contributed by atoms with Gasteiger partial charge in [-0.05, 0) is 43.2 Å². The highest BCUT2D eigenvalue weighted by Gasteiger charge is 2.26. The number of nitrogens with zero attached hydrogens (tertiary/aromatic N) is 4. The Morgan fingerprint density at radius 1 is 1.21 bits per heavy atom. The molecule has 0 saturated heterocycles. The first kappa shape index (κ1) is 16.6. The number of amides is 1. The number of hydrogen-bond donors (Lipinski definition) is 1. The number of carbonyl (C=O) groups excluding carboxylic acids is 1. The minimum absolute atomic E-state index is 0.0366. The number of carbonyl (C=O) groups is 1. The van der Waals surface area contributed by atoms with Crippen LogP contribution in [0, 0.1) is 5.82 Å². The van der Waals surface area contributed by atoms with Gasteiger partial charge in [-0.1, -0.05) is 17.6 Å². The second-order valence-electron chi connectivity index (χ2n) is 6.83. The molecule has 0 atom stereocenters. The molecule has 1 amide bonds. The lowest BCUT2D eigenvalue weighted by atomic mass is 9.85. The van der Waals surface area contributed by atoms with Crippen molar-refractivity contribution in [2.24, 2.45) is 0 Å². The van der Waals surface area contributed by atoms with Crippen LogP contribution in [0.25, 0.3) is 17.0 Å². The lowest BCUT2D eigenvalue weighted by Crippen LogP contribution is -2.13. The van der Waals surface area contributed by atoms with Crippen LogP contribution in [0.3, 0.4) is 0 Å². The van der Waals surface area contributed by atoms with Crippen molar-refractivity contribution in [3.05, 3.63) is 66.2 Å². The standard InChI is InChI=1S/C20H16FN5O2/c21-14-8-7-13(18-24-20(28-25-18)12-4-3-5-12)10-15(14)23-19(27)16-11-26-9-2-1-6-17(26)22-16/h1-2,6-12H,3-5H2,(H,23,27). The van der Waals surface area contributed by atoms with Gasteiger partial charge in [-0.15, -0.1) is 0 Å². The van der Waals surface area contributed by atoms with Crippen molar-refractivity contribution >= 4 is 17.2 Å². The summed E-state index contributed by atoms with van der Waals surface area (Å²) in [7, 11) is 0. The first-order valence-electron chi connectivity index (χ1n) is 9.06. The van der Waals surface area contributed by atoms with E-state index in [0.29, 0.717) is 28.8 Å². The average Bonchev–Trinajstić information content (AvgIpc) is 3.29. The van der Waals surface area contributed by atoms with E-state index >= 15 is 0 Å². The Morgan fingerprint density at radius 2 is 2.11 bits per heavy atom. The zero-order valence-electron chi connectivity index (χ0n) is 14.8. The van der Waals surface area contributed by atoms with E-state index in [0.717, 1.165) is 19.3 Å². The monoisotopic (exact) mass is 377 g/mol. The van der Waals surface area contributed by atoms with Crippen LogP contribution < -0.4 is 5.32 Å². The average molecular weight is 377 g/mol. The smallest absolute Gasteiger partial charge is 0.275 e. The summed E-state index contributed by atoms with van der Waals surface area (Å²) in [6, 6.07) is 9.78. The number of halogens is 1. The van der Waals surface area contributed by atoms with Gasteiger partial charge in [0.25, 0.3) is 5.91 Å². The second kappa shape index (κ2) is 6.56. The summed E-state index contributed by atoms with van der Waals surface area (Å²) in [5.74, 6) is 0.258. The number of imidazole rings is 1. The molecule has 1 saturated carbocycles. The number of anilines is 1. The summed E-state index contributed by atoms with van der Waals surface area (Å²) < 4.78 is 21.3. The summed E-state index contributed by atoms with van der Waals surface area (Å²) >= 11 is 0. The quantitative estimate of drug-likeness (QED) is 0.580. The highest BCUT2D eigenvalue weighted by Crippen LogP contribution is 2.36. The van der Waals surface area contributed by atoms with Crippen molar-refractivity contribution < 1.29 is 13.7 Å². The van der Waals surface area contributed by atoms with Gasteiger partial charge in [-0.2, -0.15) is 4.98 Å². The van der Waals surface area contributed by atoms with E-state index in [1.807, 2.05) is 12.1 Å². The van der Waals surface area contributed by atoms with Crippen LogP contribution >= 0.6 is 0 Å². The molecule has 3 heterocycles. The third kappa shape index (κ3) is 2.92. The van der Waals surface area contributed by atoms with Gasteiger partial charge in [0.05, 0.1) is 5.69 Å². The van der Waals surface area contributed by atoms with Gasteiger partial charge in [-0.3, -0.25) is 4.79 Å². The molecule has 0 unspecified atom stereocenters. The SMILES string of the molecule is O=C(Nc1cc(-c2noc(C3CCC3)n2)ccc1F)c1cn2ccccc2n1. The predicted octanol–water partition coefficient (Wildman–Crippen LogP) is 4.04. The zero-order chi connectivity index (χ0) is 19.1. The zero-order valence-corrected chi connectivity index (χ0v) is 14.8. The normalized spacial score (nSPS) is 14.2. The third-order valence-corrected chi connectivity index (χ3v) is 4.97. The molecule has 1 fully saturated rings. The minimum atomic E-state index is -0.552. The van der Waals surface area contributed by atoms with E-state index in [1.165, 1.54) is 12.1 Å². The van der Waals surface area contributed by atoms with Crippen LogP contribution in [0.15, 0.2) is 53.3 Å². The van der Waals surface area contributed by atoms with Crippen LogP contribution in [-0.2, 0) is 0 Å². The molecule has 28 heavy (non-hydrogen) atoms. The Hall–Kier alpha value is -3.55. The van der Waals surface area contributed by atoms with Gasteiger partial charge in [0.2, 0.25) is 11.7 Å². The van der Waals surface area contributed by atoms with Crippen LogP contribution in [0.5, 0.6) is 0 Å². The molecule has 1 aliphatic rings. The van der Waals surface area contributed by atoms with Gasteiger partial charge in [-0.25, -0.2) is 9.37 Å². The summed E-state index contributed by atoms with van der Waals surface area (Å²) in [4.78, 5) is 21.2. The lowest BCUT2D eigenvalue weighted by Gasteiger charge is -2.20. The Kier molecular flexibility index (Phi) is 3.89. The van der Waals surface area contributed by atoms with Crippen molar-refractivity contribution in [1.29, 1.82) is 0 Å². The fourth-order valence-electron chi connectivity index (χ4n) is 3.16. The first-order valence-corrected chi connectivity index (χ1v) is 9.06. The first-order chi connectivity index (χ1) is 13.7. The van der Waals surface area contributed by atoms with E-state index in [1.54, 1.807) is 28.9 Å². The van der Waals surface area contributed by atoms with Gasteiger partial charge in [0, 0.05) is 23.9 Å². The highest BCUT2D eigenvalue weighted by atomic mass is 19.1. The van der Waals surface area contributed by atoms with Crippen molar-refractivity contribution in [3.63, 3.8) is 0 Å². The molecule has 3 aromatic heterocycles. The number of benzene rings is 1. The van der Waals surface area contributed by atoms with E-state index in [-0.39, 0.29) is 11.4 Å². The van der Waals surface area contributed by atoms with Crippen molar-refractivity contribution in [1.82, 2.24) is 19.5 Å². The van der Waals surface area contributed by atoms with E-state index in [4.69, 9.17) is 4.52 Å².